The molecule has 0 bridgehead atoms. The van der Waals surface area contributed by atoms with Crippen molar-refractivity contribution in [2.75, 3.05) is 0 Å². The van der Waals surface area contributed by atoms with Crippen LogP contribution >= 0.6 is 0 Å². The number of hydrogen-bond donors (Lipinski definition) is 2. The number of carbonyl (C=O) groups is 2. The lowest BCUT2D eigenvalue weighted by molar-refractivity contribution is -0.384. The molecule has 1 aliphatic carbocycles. The summed E-state index contributed by atoms with van der Waals surface area (Å²) in [6.07, 6.45) is 4.96. The van der Waals surface area contributed by atoms with Gasteiger partial charge in [-0.25, -0.2) is 0 Å². The number of primary amides is 1. The molecule has 0 unspecified atom stereocenters. The fourth-order valence-electron chi connectivity index (χ4n) is 3.08. The van der Waals surface area contributed by atoms with Crippen molar-refractivity contribution in [3.05, 3.63) is 39.9 Å². The summed E-state index contributed by atoms with van der Waals surface area (Å²) < 4.78 is 0. The molecule has 1 fully saturated rings. The molecule has 0 aliphatic heterocycles. The maximum absolute atomic E-state index is 12.2. The molecule has 1 aromatic carbocycles. The van der Waals surface area contributed by atoms with Crippen molar-refractivity contribution in [1.29, 1.82) is 0 Å². The van der Waals surface area contributed by atoms with Crippen LogP contribution in [0.25, 0.3) is 0 Å². The van der Waals surface area contributed by atoms with Gasteiger partial charge in [0, 0.05) is 12.1 Å². The monoisotopic (exact) mass is 319 g/mol. The van der Waals surface area contributed by atoms with Crippen molar-refractivity contribution in [2.45, 2.75) is 44.6 Å². The first-order valence-electron chi connectivity index (χ1n) is 7.79. The highest BCUT2D eigenvalue weighted by Crippen LogP contribution is 2.26. The lowest BCUT2D eigenvalue weighted by Crippen LogP contribution is -2.50. The number of nitrogens with one attached hydrogen (secondary N) is 1. The minimum Gasteiger partial charge on any atom is -0.368 e. The SMILES string of the molecule is NC(=O)[C@H](NC(=O)Cc1cccc([N+](=O)[O-])c1)C1CCCCC1. The van der Waals surface area contributed by atoms with E-state index in [4.69, 9.17) is 5.73 Å². The molecule has 3 N–H and O–H groups in total. The Balaban J connectivity index is 2.00. The minimum absolute atomic E-state index is 0.0157. The smallest absolute Gasteiger partial charge is 0.269 e. The summed E-state index contributed by atoms with van der Waals surface area (Å²) in [5.74, 6) is -0.792. The first-order valence-corrected chi connectivity index (χ1v) is 7.79. The quantitative estimate of drug-likeness (QED) is 0.613. The van der Waals surface area contributed by atoms with Gasteiger partial charge >= 0.3 is 0 Å². The normalized spacial score (nSPS) is 16.5. The number of benzene rings is 1. The molecule has 0 spiro atoms. The molecule has 1 aromatic rings. The predicted molar refractivity (Wildman–Crippen MR) is 84.5 cm³/mol. The van der Waals surface area contributed by atoms with Gasteiger partial charge in [0.1, 0.15) is 6.04 Å². The highest BCUT2D eigenvalue weighted by atomic mass is 16.6. The molecule has 7 heteroatoms. The molecule has 1 saturated carbocycles. The molecule has 2 rings (SSSR count). The molecule has 0 saturated heterocycles. The topological polar surface area (TPSA) is 115 Å². The van der Waals surface area contributed by atoms with Gasteiger partial charge in [0.05, 0.1) is 11.3 Å². The van der Waals surface area contributed by atoms with Crippen molar-refractivity contribution in [1.82, 2.24) is 5.32 Å². The van der Waals surface area contributed by atoms with Crippen molar-refractivity contribution in [3.8, 4) is 0 Å². The molecule has 124 valence electrons. The van der Waals surface area contributed by atoms with E-state index in [9.17, 15) is 19.7 Å². The lowest BCUT2D eigenvalue weighted by Gasteiger charge is -2.28. The van der Waals surface area contributed by atoms with Gasteiger partial charge in [0.2, 0.25) is 11.8 Å². The second-order valence-electron chi connectivity index (χ2n) is 5.95. The summed E-state index contributed by atoms with van der Waals surface area (Å²) in [5.41, 5.74) is 5.90. The molecular formula is C16H21N3O4. The zero-order valence-electron chi connectivity index (χ0n) is 12.9. The summed E-state index contributed by atoms with van der Waals surface area (Å²) in [4.78, 5) is 34.1. The summed E-state index contributed by atoms with van der Waals surface area (Å²) >= 11 is 0. The molecule has 1 atom stereocenters. The largest absolute Gasteiger partial charge is 0.368 e. The van der Waals surface area contributed by atoms with Crippen molar-refractivity contribution in [3.63, 3.8) is 0 Å². The van der Waals surface area contributed by atoms with Gasteiger partial charge in [-0.3, -0.25) is 19.7 Å². The minimum atomic E-state index is -0.665. The number of nitro groups is 1. The van der Waals surface area contributed by atoms with Crippen LogP contribution in [0.4, 0.5) is 5.69 Å². The first kappa shape index (κ1) is 16.9. The van der Waals surface area contributed by atoms with Crippen LogP contribution in [0.3, 0.4) is 0 Å². The fourth-order valence-corrected chi connectivity index (χ4v) is 3.08. The third kappa shape index (κ3) is 4.77. The van der Waals surface area contributed by atoms with Crippen molar-refractivity contribution >= 4 is 17.5 Å². The van der Waals surface area contributed by atoms with Crippen LogP contribution in [-0.2, 0) is 16.0 Å². The van der Waals surface area contributed by atoms with Crippen molar-refractivity contribution in [2.24, 2.45) is 11.7 Å². The number of nitrogens with zero attached hydrogens (tertiary/aromatic N) is 1. The number of hydrogen-bond acceptors (Lipinski definition) is 4. The van der Waals surface area contributed by atoms with Gasteiger partial charge in [0.15, 0.2) is 0 Å². The Morgan fingerprint density at radius 1 is 1.30 bits per heavy atom. The summed E-state index contributed by atoms with van der Waals surface area (Å²) in [7, 11) is 0. The molecule has 0 aromatic heterocycles. The molecule has 1 aliphatic rings. The van der Waals surface area contributed by atoms with Crippen LogP contribution in [0.15, 0.2) is 24.3 Å². The van der Waals surface area contributed by atoms with Gasteiger partial charge in [0.25, 0.3) is 5.69 Å². The van der Waals surface area contributed by atoms with Crippen LogP contribution in [0.5, 0.6) is 0 Å². The van der Waals surface area contributed by atoms with E-state index in [1.165, 1.54) is 18.2 Å². The average Bonchev–Trinajstić information content (AvgIpc) is 2.53. The molecule has 2 amide bonds. The van der Waals surface area contributed by atoms with Gasteiger partial charge in [-0.2, -0.15) is 0 Å². The van der Waals surface area contributed by atoms with E-state index in [2.05, 4.69) is 5.32 Å². The Bertz CT molecular complexity index is 597. The summed E-state index contributed by atoms with van der Waals surface area (Å²) in [5, 5.41) is 13.5. The summed E-state index contributed by atoms with van der Waals surface area (Å²) in [6, 6.07) is 5.25. The first-order chi connectivity index (χ1) is 11.0. The van der Waals surface area contributed by atoms with Gasteiger partial charge in [-0.1, -0.05) is 31.4 Å². The Kier molecular flexibility index (Phi) is 5.67. The standard InChI is InChI=1S/C16H21N3O4/c17-16(21)15(12-6-2-1-3-7-12)18-14(20)10-11-5-4-8-13(9-11)19(22)23/h4-5,8-9,12,15H,1-3,6-7,10H2,(H2,17,21)(H,18,20)/t15-/m1/s1. The van der Waals surface area contributed by atoms with Gasteiger partial charge in [-0.15, -0.1) is 0 Å². The average molecular weight is 319 g/mol. The number of non-ortho nitro benzene ring substituents is 1. The zero-order chi connectivity index (χ0) is 16.8. The Morgan fingerprint density at radius 3 is 2.61 bits per heavy atom. The molecule has 0 radical (unpaired) electrons. The summed E-state index contributed by atoms with van der Waals surface area (Å²) in [6.45, 7) is 0. The van der Waals surface area contributed by atoms with E-state index in [0.717, 1.165) is 32.1 Å². The van der Waals surface area contributed by atoms with Crippen LogP contribution in [0, 0.1) is 16.0 Å². The van der Waals surface area contributed by atoms with E-state index in [-0.39, 0.29) is 23.9 Å². The van der Waals surface area contributed by atoms with E-state index in [1.807, 2.05) is 0 Å². The Labute approximate surface area is 134 Å². The number of rotatable bonds is 6. The highest BCUT2D eigenvalue weighted by Gasteiger charge is 2.29. The Hall–Kier alpha value is -2.44. The van der Waals surface area contributed by atoms with Crippen molar-refractivity contribution < 1.29 is 14.5 Å². The third-order valence-electron chi connectivity index (χ3n) is 4.23. The number of nitrogens with two attached hydrogens (primary N) is 1. The van der Waals surface area contributed by atoms with Crippen LogP contribution in [0.2, 0.25) is 0 Å². The van der Waals surface area contributed by atoms with Crippen LogP contribution in [0.1, 0.15) is 37.7 Å². The van der Waals surface area contributed by atoms with Crippen LogP contribution in [-0.4, -0.2) is 22.8 Å². The predicted octanol–water partition coefficient (Wildman–Crippen LogP) is 1.69. The molecular weight excluding hydrogens is 298 g/mol. The Morgan fingerprint density at radius 2 is 2.00 bits per heavy atom. The highest BCUT2D eigenvalue weighted by molar-refractivity contribution is 5.87. The lowest BCUT2D eigenvalue weighted by atomic mass is 9.83. The fraction of sp³-hybridized carbons (Fsp3) is 0.500. The number of amides is 2. The van der Waals surface area contributed by atoms with Crippen LogP contribution < -0.4 is 11.1 Å². The molecule has 23 heavy (non-hydrogen) atoms. The molecule has 7 nitrogen and oxygen atoms in total. The van der Waals surface area contributed by atoms with E-state index < -0.39 is 16.9 Å². The zero-order valence-corrected chi connectivity index (χ0v) is 12.9. The second kappa shape index (κ2) is 7.71. The van der Waals surface area contributed by atoms with Gasteiger partial charge in [-0.05, 0) is 24.3 Å². The third-order valence-corrected chi connectivity index (χ3v) is 4.23. The maximum Gasteiger partial charge on any atom is 0.269 e. The second-order valence-corrected chi connectivity index (χ2v) is 5.95. The number of nitro benzene ring substituents is 1. The molecule has 0 heterocycles. The van der Waals surface area contributed by atoms with Gasteiger partial charge < -0.3 is 11.1 Å². The van der Waals surface area contributed by atoms with E-state index in [1.54, 1.807) is 6.07 Å². The number of carbonyl (C=O) groups excluding carboxylic acids is 2. The maximum atomic E-state index is 12.2. The van der Waals surface area contributed by atoms with E-state index >= 15 is 0 Å². The van der Waals surface area contributed by atoms with E-state index in [0.29, 0.717) is 5.56 Å².